The Hall–Kier alpha value is -1.00. The third kappa shape index (κ3) is 2.79. The maximum absolute atomic E-state index is 14.1. The highest BCUT2D eigenvalue weighted by atomic mass is 19.1. The third-order valence-electron chi connectivity index (χ3n) is 4.06. The van der Waals surface area contributed by atoms with Crippen molar-refractivity contribution in [2.24, 2.45) is 0 Å². The van der Waals surface area contributed by atoms with Crippen LogP contribution in [0.2, 0.25) is 0 Å². The first-order valence-corrected chi connectivity index (χ1v) is 6.76. The van der Waals surface area contributed by atoms with Gasteiger partial charge in [0.15, 0.2) is 0 Å². The van der Waals surface area contributed by atoms with Crippen molar-refractivity contribution in [1.82, 2.24) is 10.2 Å². The van der Waals surface area contributed by atoms with Crippen LogP contribution in [-0.2, 0) is 0 Å². The van der Waals surface area contributed by atoms with Crippen molar-refractivity contribution in [2.45, 2.75) is 39.3 Å². The maximum Gasteiger partial charge on any atom is 0.128 e. The summed E-state index contributed by atoms with van der Waals surface area (Å²) in [4.78, 5) is 2.23. The Labute approximate surface area is 113 Å². The van der Waals surface area contributed by atoms with Crippen molar-refractivity contribution >= 4 is 0 Å². The summed E-state index contributed by atoms with van der Waals surface area (Å²) in [5, 5.41) is 3.34. The largest absolute Gasteiger partial charge is 0.314 e. The van der Waals surface area contributed by atoms with Gasteiger partial charge in [-0.2, -0.15) is 0 Å². The maximum atomic E-state index is 14.1. The molecule has 2 nitrogen and oxygen atoms in total. The Morgan fingerprint density at radius 2 is 1.95 bits per heavy atom. The molecule has 1 heterocycles. The van der Waals surface area contributed by atoms with E-state index in [0.29, 0.717) is 11.1 Å². The molecule has 19 heavy (non-hydrogen) atoms. The van der Waals surface area contributed by atoms with Crippen molar-refractivity contribution in [3.63, 3.8) is 0 Å². The SMILES string of the molecule is Cc1cc(F)c(C(C)N2CCNCC2(C)C)cc1F. The Kier molecular flexibility index (Phi) is 3.92. The standard InChI is InChI=1S/C15H22F2N2/c1-10-7-14(17)12(8-13(10)16)11(2)19-6-5-18-9-15(19,3)4/h7-8,11,18H,5-6,9H2,1-4H3. The minimum Gasteiger partial charge on any atom is -0.314 e. The zero-order valence-electron chi connectivity index (χ0n) is 12.1. The van der Waals surface area contributed by atoms with Gasteiger partial charge in [-0.3, -0.25) is 4.90 Å². The lowest BCUT2D eigenvalue weighted by atomic mass is 9.94. The minimum atomic E-state index is -0.337. The van der Waals surface area contributed by atoms with E-state index >= 15 is 0 Å². The highest BCUT2D eigenvalue weighted by Crippen LogP contribution is 2.31. The molecule has 1 aromatic carbocycles. The Morgan fingerprint density at radius 1 is 1.26 bits per heavy atom. The van der Waals surface area contributed by atoms with Crippen LogP contribution in [0.5, 0.6) is 0 Å². The monoisotopic (exact) mass is 268 g/mol. The van der Waals surface area contributed by atoms with Gasteiger partial charge in [-0.1, -0.05) is 0 Å². The molecule has 1 aliphatic heterocycles. The molecule has 0 bridgehead atoms. The lowest BCUT2D eigenvalue weighted by Gasteiger charge is -2.46. The number of hydrogen-bond donors (Lipinski definition) is 1. The number of nitrogens with one attached hydrogen (secondary N) is 1. The van der Waals surface area contributed by atoms with Gasteiger partial charge in [-0.25, -0.2) is 8.78 Å². The summed E-state index contributed by atoms with van der Waals surface area (Å²) < 4.78 is 27.8. The highest BCUT2D eigenvalue weighted by Gasteiger charge is 2.34. The first kappa shape index (κ1) is 14.4. The fourth-order valence-electron chi connectivity index (χ4n) is 2.87. The first-order valence-electron chi connectivity index (χ1n) is 6.76. The number of piperazine rings is 1. The molecule has 1 aliphatic rings. The van der Waals surface area contributed by atoms with Crippen molar-refractivity contribution in [3.05, 3.63) is 34.9 Å². The summed E-state index contributed by atoms with van der Waals surface area (Å²) in [6.07, 6.45) is 0. The summed E-state index contributed by atoms with van der Waals surface area (Å²) in [6, 6.07) is 2.50. The van der Waals surface area contributed by atoms with Crippen molar-refractivity contribution in [2.75, 3.05) is 19.6 Å². The highest BCUT2D eigenvalue weighted by molar-refractivity contribution is 5.28. The van der Waals surface area contributed by atoms with Gasteiger partial charge in [-0.15, -0.1) is 0 Å². The number of nitrogens with zero attached hydrogens (tertiary/aromatic N) is 1. The molecule has 106 valence electrons. The van der Waals surface area contributed by atoms with Crippen LogP contribution in [0.15, 0.2) is 12.1 Å². The van der Waals surface area contributed by atoms with E-state index in [1.165, 1.54) is 12.1 Å². The second-order valence-electron chi connectivity index (χ2n) is 5.98. The van der Waals surface area contributed by atoms with E-state index in [0.717, 1.165) is 19.6 Å². The zero-order chi connectivity index (χ0) is 14.2. The van der Waals surface area contributed by atoms with Crippen LogP contribution in [0, 0.1) is 18.6 Å². The van der Waals surface area contributed by atoms with Crippen LogP contribution in [0.25, 0.3) is 0 Å². The number of aryl methyl sites for hydroxylation is 1. The summed E-state index contributed by atoms with van der Waals surface area (Å²) in [7, 11) is 0. The van der Waals surface area contributed by atoms with Crippen LogP contribution in [0.4, 0.5) is 8.78 Å². The van der Waals surface area contributed by atoms with Crippen molar-refractivity contribution in [1.29, 1.82) is 0 Å². The molecule has 4 heteroatoms. The van der Waals surface area contributed by atoms with Gasteiger partial charge >= 0.3 is 0 Å². The smallest absolute Gasteiger partial charge is 0.128 e. The Morgan fingerprint density at radius 3 is 2.58 bits per heavy atom. The molecule has 0 spiro atoms. The molecule has 1 N–H and O–H groups in total. The molecule has 0 aliphatic carbocycles. The van der Waals surface area contributed by atoms with Gasteiger partial charge in [0.2, 0.25) is 0 Å². The summed E-state index contributed by atoms with van der Waals surface area (Å²) >= 11 is 0. The number of halogens is 2. The van der Waals surface area contributed by atoms with E-state index in [1.54, 1.807) is 6.92 Å². The van der Waals surface area contributed by atoms with E-state index in [1.807, 2.05) is 6.92 Å². The summed E-state index contributed by atoms with van der Waals surface area (Å²) in [6.45, 7) is 10.3. The van der Waals surface area contributed by atoms with Gasteiger partial charge in [0.05, 0.1) is 0 Å². The molecule has 2 rings (SSSR count). The zero-order valence-corrected chi connectivity index (χ0v) is 12.1. The second-order valence-corrected chi connectivity index (χ2v) is 5.98. The molecule has 1 aromatic rings. The number of rotatable bonds is 2. The molecule has 1 fully saturated rings. The van der Waals surface area contributed by atoms with Gasteiger partial charge in [0.25, 0.3) is 0 Å². The van der Waals surface area contributed by atoms with E-state index in [2.05, 4.69) is 24.1 Å². The lowest BCUT2D eigenvalue weighted by Crippen LogP contribution is -2.58. The normalized spacial score (nSPS) is 21.4. The predicted molar refractivity (Wildman–Crippen MR) is 73.2 cm³/mol. The van der Waals surface area contributed by atoms with Crippen molar-refractivity contribution in [3.8, 4) is 0 Å². The molecule has 0 amide bonds. The van der Waals surface area contributed by atoms with E-state index in [9.17, 15) is 8.78 Å². The lowest BCUT2D eigenvalue weighted by molar-refractivity contribution is 0.0501. The second kappa shape index (κ2) is 5.17. The molecule has 1 unspecified atom stereocenters. The molecule has 1 atom stereocenters. The minimum absolute atomic E-state index is 0.0640. The average Bonchev–Trinajstić information content (AvgIpc) is 2.32. The Balaban J connectivity index is 2.33. The molecule has 0 radical (unpaired) electrons. The predicted octanol–water partition coefficient (Wildman–Crippen LogP) is 3.02. The Bertz CT molecular complexity index is 471. The molecule has 0 aromatic heterocycles. The quantitative estimate of drug-likeness (QED) is 0.887. The van der Waals surface area contributed by atoms with Crippen LogP contribution >= 0.6 is 0 Å². The fraction of sp³-hybridized carbons (Fsp3) is 0.600. The van der Waals surface area contributed by atoms with Crippen LogP contribution in [-0.4, -0.2) is 30.1 Å². The van der Waals surface area contributed by atoms with E-state index < -0.39 is 0 Å². The summed E-state index contributed by atoms with van der Waals surface area (Å²) in [5.41, 5.74) is 0.733. The van der Waals surface area contributed by atoms with E-state index in [-0.39, 0.29) is 23.2 Å². The molecular weight excluding hydrogens is 246 g/mol. The number of hydrogen-bond acceptors (Lipinski definition) is 2. The topological polar surface area (TPSA) is 15.3 Å². The van der Waals surface area contributed by atoms with Crippen LogP contribution < -0.4 is 5.32 Å². The fourth-order valence-corrected chi connectivity index (χ4v) is 2.87. The molecular formula is C15H22F2N2. The van der Waals surface area contributed by atoms with Crippen molar-refractivity contribution < 1.29 is 8.78 Å². The van der Waals surface area contributed by atoms with Crippen LogP contribution in [0.3, 0.4) is 0 Å². The summed E-state index contributed by atoms with van der Waals surface area (Å²) in [5.74, 6) is -0.656. The average molecular weight is 268 g/mol. The first-order chi connectivity index (χ1) is 8.83. The molecule has 1 saturated heterocycles. The van der Waals surface area contributed by atoms with Gasteiger partial charge in [0.1, 0.15) is 11.6 Å². The van der Waals surface area contributed by atoms with Crippen LogP contribution in [0.1, 0.15) is 37.9 Å². The number of benzene rings is 1. The van der Waals surface area contributed by atoms with Gasteiger partial charge in [0, 0.05) is 36.8 Å². The molecule has 0 saturated carbocycles. The third-order valence-corrected chi connectivity index (χ3v) is 4.06. The van der Waals surface area contributed by atoms with Gasteiger partial charge < -0.3 is 5.32 Å². The van der Waals surface area contributed by atoms with E-state index in [4.69, 9.17) is 0 Å². The van der Waals surface area contributed by atoms with Gasteiger partial charge in [-0.05, 0) is 45.4 Å².